The van der Waals surface area contributed by atoms with Crippen LogP contribution in [0.3, 0.4) is 0 Å². The van der Waals surface area contributed by atoms with Gasteiger partial charge in [0.2, 0.25) is 0 Å². The van der Waals surface area contributed by atoms with Crippen LogP contribution in [0.1, 0.15) is 32.1 Å². The molecule has 0 amide bonds. The van der Waals surface area contributed by atoms with Crippen molar-refractivity contribution in [2.45, 2.75) is 38.2 Å². The highest BCUT2D eigenvalue weighted by Crippen LogP contribution is 2.61. The molecule has 12 heavy (non-hydrogen) atoms. The quantitative estimate of drug-likeness (QED) is 0.681. The van der Waals surface area contributed by atoms with Crippen molar-refractivity contribution in [2.24, 2.45) is 11.3 Å². The van der Waals surface area contributed by atoms with Crippen LogP contribution in [0, 0.1) is 11.3 Å². The number of aliphatic hydroxyl groups excluding tert-OH is 1. The van der Waals surface area contributed by atoms with Gasteiger partial charge in [-0.3, -0.25) is 0 Å². The average molecular weight is 170 g/mol. The van der Waals surface area contributed by atoms with Crippen molar-refractivity contribution in [2.75, 3.05) is 13.7 Å². The van der Waals surface area contributed by atoms with Crippen molar-refractivity contribution in [3.05, 3.63) is 0 Å². The van der Waals surface area contributed by atoms with Gasteiger partial charge < -0.3 is 9.84 Å². The lowest BCUT2D eigenvalue weighted by Gasteiger charge is -2.28. The summed E-state index contributed by atoms with van der Waals surface area (Å²) >= 11 is 0. The number of hydrogen-bond acceptors (Lipinski definition) is 2. The van der Waals surface area contributed by atoms with E-state index in [1.165, 1.54) is 32.1 Å². The fraction of sp³-hybridized carbons (Fsp3) is 1.00. The number of ether oxygens (including phenoxy) is 1. The van der Waals surface area contributed by atoms with E-state index in [1.54, 1.807) is 7.11 Å². The second-order valence-corrected chi connectivity index (χ2v) is 4.38. The Balaban J connectivity index is 1.84. The van der Waals surface area contributed by atoms with Gasteiger partial charge in [0.05, 0.1) is 6.10 Å². The first kappa shape index (κ1) is 8.52. The highest BCUT2D eigenvalue weighted by molar-refractivity contribution is 5.04. The molecule has 2 aliphatic carbocycles. The lowest BCUT2D eigenvalue weighted by Crippen LogP contribution is -2.22. The lowest BCUT2D eigenvalue weighted by atomic mass is 9.83. The van der Waals surface area contributed by atoms with Gasteiger partial charge in [-0.15, -0.1) is 0 Å². The zero-order valence-corrected chi connectivity index (χ0v) is 7.75. The van der Waals surface area contributed by atoms with Crippen LogP contribution in [0.4, 0.5) is 0 Å². The summed E-state index contributed by atoms with van der Waals surface area (Å²) in [5, 5.41) is 9.02. The Labute approximate surface area is 73.9 Å². The first-order valence-corrected chi connectivity index (χ1v) is 4.94. The van der Waals surface area contributed by atoms with Crippen molar-refractivity contribution in [1.29, 1.82) is 0 Å². The molecule has 1 spiro atoms. The Kier molecular flexibility index (Phi) is 2.13. The maximum absolute atomic E-state index is 9.02. The van der Waals surface area contributed by atoms with E-state index in [0.29, 0.717) is 24.0 Å². The number of rotatable bonds is 2. The third kappa shape index (κ3) is 1.27. The van der Waals surface area contributed by atoms with Gasteiger partial charge in [0.1, 0.15) is 0 Å². The summed E-state index contributed by atoms with van der Waals surface area (Å²) in [6, 6.07) is 0. The fourth-order valence-corrected chi connectivity index (χ4v) is 2.70. The van der Waals surface area contributed by atoms with E-state index >= 15 is 0 Å². The van der Waals surface area contributed by atoms with Gasteiger partial charge in [-0.2, -0.15) is 0 Å². The first-order chi connectivity index (χ1) is 5.80. The smallest absolute Gasteiger partial charge is 0.0571 e. The van der Waals surface area contributed by atoms with Crippen molar-refractivity contribution < 1.29 is 9.84 Å². The first-order valence-electron chi connectivity index (χ1n) is 4.94. The van der Waals surface area contributed by atoms with Crippen LogP contribution in [0.15, 0.2) is 0 Å². The molecule has 0 saturated heterocycles. The molecule has 0 bridgehead atoms. The maximum Gasteiger partial charge on any atom is 0.0571 e. The highest BCUT2D eigenvalue weighted by atomic mass is 16.5. The third-order valence-corrected chi connectivity index (χ3v) is 3.84. The highest BCUT2D eigenvalue weighted by Gasteiger charge is 2.54. The molecule has 70 valence electrons. The molecule has 2 fully saturated rings. The Morgan fingerprint density at radius 2 is 2.08 bits per heavy atom. The Bertz CT molecular complexity index is 159. The molecule has 0 radical (unpaired) electrons. The Morgan fingerprint density at radius 3 is 2.50 bits per heavy atom. The molecule has 2 heteroatoms. The van der Waals surface area contributed by atoms with Gasteiger partial charge in [0.15, 0.2) is 0 Å². The van der Waals surface area contributed by atoms with Crippen LogP contribution < -0.4 is 0 Å². The molecule has 0 aliphatic heterocycles. The van der Waals surface area contributed by atoms with Crippen LogP contribution in [-0.4, -0.2) is 24.9 Å². The lowest BCUT2D eigenvalue weighted by molar-refractivity contribution is 0.0468. The van der Waals surface area contributed by atoms with Gasteiger partial charge in [-0.05, 0) is 43.4 Å². The zero-order valence-electron chi connectivity index (χ0n) is 7.75. The molecular formula is C10H18O2. The summed E-state index contributed by atoms with van der Waals surface area (Å²) in [5.41, 5.74) is 0.545. The molecule has 0 aromatic carbocycles. The molecule has 2 nitrogen and oxygen atoms in total. The van der Waals surface area contributed by atoms with E-state index in [2.05, 4.69) is 0 Å². The number of aliphatic hydroxyl groups is 1. The minimum absolute atomic E-state index is 0.400. The Hall–Kier alpha value is -0.0800. The monoisotopic (exact) mass is 170 g/mol. The number of hydrogen-bond donors (Lipinski definition) is 1. The van der Waals surface area contributed by atoms with Crippen molar-refractivity contribution in [3.8, 4) is 0 Å². The summed E-state index contributed by atoms with van der Waals surface area (Å²) in [5.74, 6) is 0.621. The van der Waals surface area contributed by atoms with E-state index in [1.807, 2.05) is 0 Å². The molecule has 1 atom stereocenters. The van der Waals surface area contributed by atoms with Gasteiger partial charge in [-0.25, -0.2) is 0 Å². The van der Waals surface area contributed by atoms with Gasteiger partial charge >= 0.3 is 0 Å². The third-order valence-electron chi connectivity index (χ3n) is 3.84. The van der Waals surface area contributed by atoms with Crippen molar-refractivity contribution >= 4 is 0 Å². The SMILES string of the molecule is COC1CCC2(CC1)CC2CO. The molecule has 2 saturated carbocycles. The van der Waals surface area contributed by atoms with Crippen LogP contribution in [-0.2, 0) is 4.74 Å². The summed E-state index contributed by atoms with van der Waals surface area (Å²) < 4.78 is 5.32. The van der Waals surface area contributed by atoms with Crippen LogP contribution in [0.25, 0.3) is 0 Å². The Morgan fingerprint density at radius 1 is 1.42 bits per heavy atom. The summed E-state index contributed by atoms with van der Waals surface area (Å²) in [6.07, 6.45) is 6.71. The predicted molar refractivity (Wildman–Crippen MR) is 46.9 cm³/mol. The van der Waals surface area contributed by atoms with E-state index < -0.39 is 0 Å². The average Bonchev–Trinajstić information content (AvgIpc) is 2.81. The fourth-order valence-electron chi connectivity index (χ4n) is 2.70. The molecule has 1 N–H and O–H groups in total. The van der Waals surface area contributed by atoms with Crippen LogP contribution >= 0.6 is 0 Å². The minimum Gasteiger partial charge on any atom is -0.396 e. The normalized spacial score (nSPS) is 46.5. The van der Waals surface area contributed by atoms with E-state index in [9.17, 15) is 0 Å². The molecule has 0 aromatic rings. The van der Waals surface area contributed by atoms with Crippen LogP contribution in [0.2, 0.25) is 0 Å². The molecule has 1 unspecified atom stereocenters. The minimum atomic E-state index is 0.400. The van der Waals surface area contributed by atoms with E-state index in [0.717, 1.165) is 0 Å². The zero-order chi connectivity index (χ0) is 8.60. The summed E-state index contributed by atoms with van der Waals surface area (Å²) in [6.45, 7) is 0.400. The second-order valence-electron chi connectivity index (χ2n) is 4.38. The molecule has 0 heterocycles. The molecular weight excluding hydrogens is 152 g/mol. The molecule has 2 rings (SSSR count). The van der Waals surface area contributed by atoms with Crippen molar-refractivity contribution in [1.82, 2.24) is 0 Å². The molecule has 0 aromatic heterocycles. The van der Waals surface area contributed by atoms with E-state index in [4.69, 9.17) is 9.84 Å². The second kappa shape index (κ2) is 3.00. The van der Waals surface area contributed by atoms with Gasteiger partial charge in [0, 0.05) is 13.7 Å². The van der Waals surface area contributed by atoms with Gasteiger partial charge in [0.25, 0.3) is 0 Å². The summed E-state index contributed by atoms with van der Waals surface area (Å²) in [7, 11) is 1.80. The maximum atomic E-state index is 9.02. The standard InChI is InChI=1S/C10H18O2/c1-12-9-2-4-10(5-3-9)6-8(10)7-11/h8-9,11H,2-7H2,1H3. The van der Waals surface area contributed by atoms with Gasteiger partial charge in [-0.1, -0.05) is 0 Å². The van der Waals surface area contributed by atoms with Crippen molar-refractivity contribution in [3.63, 3.8) is 0 Å². The van der Waals surface area contributed by atoms with Crippen LogP contribution in [0.5, 0.6) is 0 Å². The topological polar surface area (TPSA) is 29.5 Å². The summed E-state index contributed by atoms with van der Waals surface area (Å²) in [4.78, 5) is 0. The number of methoxy groups -OCH3 is 1. The van der Waals surface area contributed by atoms with E-state index in [-0.39, 0.29) is 0 Å². The largest absolute Gasteiger partial charge is 0.396 e. The predicted octanol–water partition coefficient (Wildman–Crippen LogP) is 1.57. The molecule has 2 aliphatic rings.